The summed E-state index contributed by atoms with van der Waals surface area (Å²) in [5.41, 5.74) is 2.09. The van der Waals surface area contributed by atoms with Gasteiger partial charge in [0.05, 0.1) is 17.9 Å². The van der Waals surface area contributed by atoms with Gasteiger partial charge < -0.3 is 5.11 Å². The van der Waals surface area contributed by atoms with Crippen LogP contribution in [0.2, 0.25) is 0 Å². The van der Waals surface area contributed by atoms with E-state index >= 15 is 0 Å². The summed E-state index contributed by atoms with van der Waals surface area (Å²) in [6.45, 7) is 2.60. The molecule has 2 heterocycles. The highest BCUT2D eigenvalue weighted by atomic mass is 16.4. The van der Waals surface area contributed by atoms with Gasteiger partial charge >= 0.3 is 6.09 Å². The van der Waals surface area contributed by atoms with Crippen molar-refractivity contribution in [3.05, 3.63) is 17.5 Å². The van der Waals surface area contributed by atoms with Gasteiger partial charge in [0.15, 0.2) is 0 Å². The number of aryl methyl sites for hydroxylation is 2. The predicted molar refractivity (Wildman–Crippen MR) is 54.7 cm³/mol. The van der Waals surface area contributed by atoms with Crippen LogP contribution in [0.5, 0.6) is 0 Å². The lowest BCUT2D eigenvalue weighted by Crippen LogP contribution is -2.30. The van der Waals surface area contributed by atoms with E-state index in [1.807, 2.05) is 14.0 Å². The predicted octanol–water partition coefficient (Wildman–Crippen LogP) is 1.54. The molecule has 1 aromatic rings. The van der Waals surface area contributed by atoms with Crippen molar-refractivity contribution in [2.75, 3.05) is 6.54 Å². The van der Waals surface area contributed by atoms with Gasteiger partial charge in [-0.05, 0) is 25.3 Å². The van der Waals surface area contributed by atoms with E-state index in [-0.39, 0.29) is 6.04 Å². The van der Waals surface area contributed by atoms with Crippen LogP contribution < -0.4 is 0 Å². The average molecular weight is 209 g/mol. The van der Waals surface area contributed by atoms with E-state index in [9.17, 15) is 4.79 Å². The Morgan fingerprint density at radius 1 is 1.67 bits per heavy atom. The van der Waals surface area contributed by atoms with Crippen LogP contribution in [0.4, 0.5) is 4.79 Å². The lowest BCUT2D eigenvalue weighted by molar-refractivity contribution is 0.138. The molecule has 0 aliphatic carbocycles. The third-order valence-electron chi connectivity index (χ3n) is 2.99. The highest BCUT2D eigenvalue weighted by Crippen LogP contribution is 2.33. The Bertz CT molecular complexity index is 367. The van der Waals surface area contributed by atoms with Crippen molar-refractivity contribution < 1.29 is 9.90 Å². The molecule has 1 unspecified atom stereocenters. The SMILES string of the molecule is Cc1cnn(C)c1C1CCCN1C(=O)O. The van der Waals surface area contributed by atoms with Crippen molar-refractivity contribution in [3.63, 3.8) is 0 Å². The maximum Gasteiger partial charge on any atom is 0.407 e. The molecule has 5 nitrogen and oxygen atoms in total. The number of rotatable bonds is 1. The molecule has 5 heteroatoms. The molecule has 1 aromatic heterocycles. The molecule has 1 aliphatic rings. The monoisotopic (exact) mass is 209 g/mol. The van der Waals surface area contributed by atoms with E-state index < -0.39 is 6.09 Å². The van der Waals surface area contributed by atoms with Crippen molar-refractivity contribution in [3.8, 4) is 0 Å². The van der Waals surface area contributed by atoms with E-state index in [4.69, 9.17) is 5.11 Å². The Hall–Kier alpha value is -1.52. The average Bonchev–Trinajstić information content (AvgIpc) is 2.73. The van der Waals surface area contributed by atoms with Gasteiger partial charge in [0.2, 0.25) is 0 Å². The minimum atomic E-state index is -0.835. The van der Waals surface area contributed by atoms with E-state index in [0.717, 1.165) is 24.1 Å². The number of hydrogen-bond donors (Lipinski definition) is 1. The minimum absolute atomic E-state index is 0.0185. The van der Waals surface area contributed by atoms with Crippen LogP contribution in [0.15, 0.2) is 6.20 Å². The lowest BCUT2D eigenvalue weighted by atomic mass is 10.1. The molecule has 82 valence electrons. The summed E-state index contributed by atoms with van der Waals surface area (Å²) in [6, 6.07) is -0.0185. The fraction of sp³-hybridized carbons (Fsp3) is 0.600. The molecule has 0 spiro atoms. The van der Waals surface area contributed by atoms with Crippen LogP contribution in [0, 0.1) is 6.92 Å². The molecule has 1 aliphatic heterocycles. The topological polar surface area (TPSA) is 58.4 Å². The van der Waals surface area contributed by atoms with Crippen molar-refractivity contribution in [2.24, 2.45) is 7.05 Å². The van der Waals surface area contributed by atoms with Crippen molar-refractivity contribution in [1.29, 1.82) is 0 Å². The van der Waals surface area contributed by atoms with Crippen LogP contribution in [0.3, 0.4) is 0 Å². The van der Waals surface area contributed by atoms with Crippen LogP contribution >= 0.6 is 0 Å². The van der Waals surface area contributed by atoms with Crippen molar-refractivity contribution in [2.45, 2.75) is 25.8 Å². The Balaban J connectivity index is 2.34. The van der Waals surface area contributed by atoms with Crippen LogP contribution in [0.25, 0.3) is 0 Å². The minimum Gasteiger partial charge on any atom is -0.465 e. The summed E-state index contributed by atoms with van der Waals surface area (Å²) in [5.74, 6) is 0. The fourth-order valence-corrected chi connectivity index (χ4v) is 2.32. The summed E-state index contributed by atoms with van der Waals surface area (Å²) >= 11 is 0. The van der Waals surface area contributed by atoms with E-state index in [1.165, 1.54) is 4.90 Å². The molecule has 0 aromatic carbocycles. The Labute approximate surface area is 88.3 Å². The molecule has 1 atom stereocenters. The number of nitrogens with zero attached hydrogens (tertiary/aromatic N) is 3. The number of carbonyl (C=O) groups is 1. The first-order valence-corrected chi connectivity index (χ1v) is 5.09. The number of aromatic nitrogens is 2. The lowest BCUT2D eigenvalue weighted by Gasteiger charge is -2.22. The molecule has 1 N–H and O–H groups in total. The molecular formula is C10H15N3O2. The summed E-state index contributed by atoms with van der Waals surface area (Å²) < 4.78 is 1.78. The molecule has 0 saturated carbocycles. The van der Waals surface area contributed by atoms with Gasteiger partial charge in [0.1, 0.15) is 0 Å². The first-order chi connectivity index (χ1) is 7.11. The zero-order valence-corrected chi connectivity index (χ0v) is 8.97. The molecule has 1 saturated heterocycles. The summed E-state index contributed by atoms with van der Waals surface area (Å²) in [5, 5.41) is 13.2. The normalized spacial score (nSPS) is 20.9. The summed E-state index contributed by atoms with van der Waals surface area (Å²) in [6.07, 6.45) is 2.78. The van der Waals surface area contributed by atoms with Gasteiger partial charge in [-0.25, -0.2) is 4.79 Å². The highest BCUT2D eigenvalue weighted by molar-refractivity contribution is 5.66. The highest BCUT2D eigenvalue weighted by Gasteiger charge is 2.32. The second-order valence-corrected chi connectivity index (χ2v) is 3.97. The fourth-order valence-electron chi connectivity index (χ4n) is 2.32. The molecule has 0 radical (unpaired) electrons. The molecule has 15 heavy (non-hydrogen) atoms. The molecule has 2 rings (SSSR count). The standard InChI is InChI=1S/C10H15N3O2/c1-7-6-11-12(2)9(7)8-4-3-5-13(8)10(14)15/h6,8H,3-5H2,1-2H3,(H,14,15). The third kappa shape index (κ3) is 1.58. The quantitative estimate of drug-likeness (QED) is 0.763. The zero-order valence-electron chi connectivity index (χ0n) is 8.97. The Kier molecular flexibility index (Phi) is 2.38. The molecule has 0 bridgehead atoms. The number of hydrogen-bond acceptors (Lipinski definition) is 2. The maximum atomic E-state index is 11.0. The van der Waals surface area contributed by atoms with Crippen LogP contribution in [0.1, 0.15) is 30.1 Å². The molecule has 1 fully saturated rings. The Morgan fingerprint density at radius 3 is 2.93 bits per heavy atom. The Morgan fingerprint density at radius 2 is 2.40 bits per heavy atom. The largest absolute Gasteiger partial charge is 0.465 e. The van der Waals surface area contributed by atoms with Gasteiger partial charge in [-0.3, -0.25) is 9.58 Å². The second-order valence-electron chi connectivity index (χ2n) is 3.97. The zero-order chi connectivity index (χ0) is 11.0. The number of carboxylic acid groups (broad SMARTS) is 1. The summed E-state index contributed by atoms with van der Waals surface area (Å²) in [7, 11) is 1.86. The smallest absolute Gasteiger partial charge is 0.407 e. The first-order valence-electron chi connectivity index (χ1n) is 5.09. The van der Waals surface area contributed by atoms with Gasteiger partial charge in [-0.15, -0.1) is 0 Å². The van der Waals surface area contributed by atoms with Crippen molar-refractivity contribution >= 4 is 6.09 Å². The first kappa shape index (κ1) is 10.0. The van der Waals surface area contributed by atoms with Gasteiger partial charge in [-0.2, -0.15) is 5.10 Å². The van der Waals surface area contributed by atoms with Crippen LogP contribution in [-0.4, -0.2) is 32.4 Å². The van der Waals surface area contributed by atoms with E-state index in [1.54, 1.807) is 10.9 Å². The van der Waals surface area contributed by atoms with E-state index in [2.05, 4.69) is 5.10 Å². The second kappa shape index (κ2) is 3.56. The third-order valence-corrected chi connectivity index (χ3v) is 2.99. The number of likely N-dealkylation sites (tertiary alicyclic amines) is 1. The van der Waals surface area contributed by atoms with Gasteiger partial charge in [-0.1, -0.05) is 0 Å². The maximum absolute atomic E-state index is 11.0. The molecular weight excluding hydrogens is 194 g/mol. The van der Waals surface area contributed by atoms with Gasteiger partial charge in [0, 0.05) is 13.6 Å². The number of amides is 1. The van der Waals surface area contributed by atoms with Gasteiger partial charge in [0.25, 0.3) is 0 Å². The van der Waals surface area contributed by atoms with Crippen molar-refractivity contribution in [1.82, 2.24) is 14.7 Å². The summed E-state index contributed by atoms with van der Waals surface area (Å²) in [4.78, 5) is 12.5. The molecule has 1 amide bonds. The van der Waals surface area contributed by atoms with E-state index in [0.29, 0.717) is 6.54 Å². The van der Waals surface area contributed by atoms with Crippen LogP contribution in [-0.2, 0) is 7.05 Å².